The third kappa shape index (κ3) is 6.42. The van der Waals surface area contributed by atoms with Crippen molar-refractivity contribution in [3.63, 3.8) is 0 Å². The van der Waals surface area contributed by atoms with Gasteiger partial charge in [0, 0.05) is 19.4 Å². The van der Waals surface area contributed by atoms with Gasteiger partial charge in [-0.1, -0.05) is 36.4 Å². The number of hydrogen-bond acceptors (Lipinski definition) is 4. The lowest BCUT2D eigenvalue weighted by atomic mass is 9.91. The van der Waals surface area contributed by atoms with Crippen LogP contribution >= 0.6 is 0 Å². The molecule has 0 bridgehead atoms. The molecule has 1 heterocycles. The van der Waals surface area contributed by atoms with Crippen molar-refractivity contribution in [2.45, 2.75) is 38.2 Å². The van der Waals surface area contributed by atoms with Gasteiger partial charge in [0.2, 0.25) is 5.91 Å². The minimum atomic E-state index is -1.05. The number of amides is 1. The number of carboxylic acid groups (broad SMARTS) is 1. The van der Waals surface area contributed by atoms with Crippen molar-refractivity contribution >= 4 is 11.9 Å². The minimum Gasteiger partial charge on any atom is -0.497 e. The van der Waals surface area contributed by atoms with Crippen molar-refractivity contribution in [2.75, 3.05) is 20.2 Å². The van der Waals surface area contributed by atoms with E-state index in [-0.39, 0.29) is 24.7 Å². The van der Waals surface area contributed by atoms with Gasteiger partial charge in [-0.3, -0.25) is 9.59 Å². The monoisotopic (exact) mass is 491 g/mol. The lowest BCUT2D eigenvalue weighted by molar-refractivity contribution is -0.144. The number of hydrogen-bond donors (Lipinski definition) is 1. The molecular weight excluding hydrogens is 461 g/mol. The summed E-state index contributed by atoms with van der Waals surface area (Å²) >= 11 is 0. The quantitative estimate of drug-likeness (QED) is 0.453. The molecule has 0 fully saturated rings. The second-order valence-corrected chi connectivity index (χ2v) is 9.46. The summed E-state index contributed by atoms with van der Waals surface area (Å²) in [5.41, 5.74) is 3.31. The Labute approximate surface area is 210 Å². The largest absolute Gasteiger partial charge is 0.497 e. The fourth-order valence-corrected chi connectivity index (χ4v) is 4.65. The zero-order chi connectivity index (χ0) is 25.7. The first-order valence-electron chi connectivity index (χ1n) is 11.9. The predicted octanol–water partition coefficient (Wildman–Crippen LogP) is 4.47. The summed E-state index contributed by atoms with van der Waals surface area (Å²) in [7, 11) is 1.59. The summed E-state index contributed by atoms with van der Waals surface area (Å²) < 4.78 is 24.7. The number of nitrogens with zero attached hydrogens (tertiary/aromatic N) is 1. The first-order chi connectivity index (χ1) is 17.2. The number of carboxylic acids is 1. The van der Waals surface area contributed by atoms with Crippen LogP contribution in [-0.4, -0.2) is 47.7 Å². The number of ether oxygens (including phenoxy) is 2. The first kappa shape index (κ1) is 25.2. The molecule has 1 N–H and O–H groups in total. The van der Waals surface area contributed by atoms with Crippen molar-refractivity contribution < 1.29 is 28.6 Å². The fourth-order valence-electron chi connectivity index (χ4n) is 4.65. The second-order valence-electron chi connectivity index (χ2n) is 9.46. The van der Waals surface area contributed by atoms with Gasteiger partial charge in [-0.2, -0.15) is 0 Å². The van der Waals surface area contributed by atoms with E-state index in [0.717, 1.165) is 33.8 Å². The topological polar surface area (TPSA) is 76.1 Å². The van der Waals surface area contributed by atoms with E-state index in [1.165, 1.54) is 17.0 Å². The van der Waals surface area contributed by atoms with Crippen LogP contribution in [0.3, 0.4) is 0 Å². The number of methoxy groups -OCH3 is 1. The molecule has 0 aromatic heterocycles. The zero-order valence-electron chi connectivity index (χ0n) is 20.5. The Kier molecular flexibility index (Phi) is 7.58. The van der Waals surface area contributed by atoms with Crippen molar-refractivity contribution in [3.8, 4) is 11.5 Å². The standard InChI is InChI=1S/C29H30FNO5/c1-29(17-21-6-9-24(30)10-7-21)18-23-14-22(8-11-26(23)36-29)16-27(32)31(19-28(33)34)13-12-20-4-3-5-25(15-20)35-2/h3-11,14-15H,12-13,16-19H2,1-2H3,(H,33,34). The molecule has 1 unspecified atom stereocenters. The number of rotatable bonds is 10. The number of aliphatic carboxylic acids is 1. The predicted molar refractivity (Wildman–Crippen MR) is 134 cm³/mol. The Morgan fingerprint density at radius 3 is 2.53 bits per heavy atom. The molecule has 1 amide bonds. The summed E-state index contributed by atoms with van der Waals surface area (Å²) in [6.07, 6.45) is 1.92. The number of fused-ring (bicyclic) bond motifs is 1. The van der Waals surface area contributed by atoms with Crippen LogP contribution in [0.5, 0.6) is 11.5 Å². The van der Waals surface area contributed by atoms with Gasteiger partial charge in [0.05, 0.1) is 13.5 Å². The highest BCUT2D eigenvalue weighted by Gasteiger charge is 2.35. The molecular formula is C29H30FNO5. The van der Waals surface area contributed by atoms with Gasteiger partial charge in [-0.15, -0.1) is 0 Å². The van der Waals surface area contributed by atoms with E-state index in [9.17, 15) is 19.1 Å². The number of benzene rings is 3. The highest BCUT2D eigenvalue weighted by Crippen LogP contribution is 2.37. The summed E-state index contributed by atoms with van der Waals surface area (Å²) in [5, 5.41) is 9.35. The normalized spacial score (nSPS) is 16.2. The molecule has 0 aliphatic carbocycles. The van der Waals surface area contributed by atoms with Crippen molar-refractivity contribution in [2.24, 2.45) is 0 Å². The molecule has 6 nitrogen and oxygen atoms in total. The van der Waals surface area contributed by atoms with Crippen LogP contribution in [-0.2, 0) is 35.3 Å². The molecule has 0 saturated heterocycles. The van der Waals surface area contributed by atoms with Crippen LogP contribution in [0.2, 0.25) is 0 Å². The molecule has 1 aliphatic heterocycles. The third-order valence-corrected chi connectivity index (χ3v) is 6.38. The third-order valence-electron chi connectivity index (χ3n) is 6.38. The second kappa shape index (κ2) is 10.8. The Bertz CT molecular complexity index is 1240. The Morgan fingerprint density at radius 2 is 1.81 bits per heavy atom. The van der Waals surface area contributed by atoms with E-state index in [1.54, 1.807) is 19.2 Å². The van der Waals surface area contributed by atoms with Crippen molar-refractivity contribution in [1.29, 1.82) is 0 Å². The molecule has 3 aromatic rings. The number of halogens is 1. The average molecular weight is 492 g/mol. The SMILES string of the molecule is COc1cccc(CCN(CC(=O)O)C(=O)Cc2ccc3c(c2)CC(C)(Cc2ccc(F)cc2)O3)c1. The van der Waals surface area contributed by atoms with Crippen LogP contribution < -0.4 is 9.47 Å². The highest BCUT2D eigenvalue weighted by atomic mass is 19.1. The van der Waals surface area contributed by atoms with E-state index in [1.807, 2.05) is 49.4 Å². The van der Waals surface area contributed by atoms with Crippen molar-refractivity contribution in [3.05, 3.63) is 94.8 Å². The summed E-state index contributed by atoms with van der Waals surface area (Å²) in [5.74, 6) is -0.0676. The summed E-state index contributed by atoms with van der Waals surface area (Å²) in [6, 6.07) is 19.6. The Balaban J connectivity index is 1.41. The number of carbonyl (C=O) groups excluding carboxylic acids is 1. The van der Waals surface area contributed by atoms with Gasteiger partial charge in [0.1, 0.15) is 29.5 Å². The average Bonchev–Trinajstić information content (AvgIpc) is 3.18. The van der Waals surface area contributed by atoms with Gasteiger partial charge in [0.15, 0.2) is 0 Å². The molecule has 36 heavy (non-hydrogen) atoms. The molecule has 7 heteroatoms. The molecule has 1 aliphatic rings. The summed E-state index contributed by atoms with van der Waals surface area (Å²) in [6.45, 7) is 1.96. The molecule has 4 rings (SSSR count). The molecule has 188 valence electrons. The summed E-state index contributed by atoms with van der Waals surface area (Å²) in [4.78, 5) is 25.9. The van der Waals surface area contributed by atoms with Crippen LogP contribution in [0.1, 0.15) is 29.2 Å². The molecule has 0 spiro atoms. The lowest BCUT2D eigenvalue weighted by Crippen LogP contribution is -2.38. The first-order valence-corrected chi connectivity index (χ1v) is 11.9. The van der Waals surface area contributed by atoms with Crippen LogP contribution in [0, 0.1) is 5.82 Å². The van der Waals surface area contributed by atoms with Gasteiger partial charge < -0.3 is 19.5 Å². The molecule has 3 aromatic carbocycles. The maximum atomic E-state index is 13.3. The highest BCUT2D eigenvalue weighted by molar-refractivity contribution is 5.83. The molecule has 0 saturated carbocycles. The van der Waals surface area contributed by atoms with Gasteiger partial charge >= 0.3 is 5.97 Å². The Hall–Kier alpha value is -3.87. The lowest BCUT2D eigenvalue weighted by Gasteiger charge is -2.24. The van der Waals surface area contributed by atoms with Gasteiger partial charge in [-0.05, 0) is 65.9 Å². The maximum Gasteiger partial charge on any atom is 0.323 e. The van der Waals surface area contributed by atoms with E-state index in [4.69, 9.17) is 9.47 Å². The maximum absolute atomic E-state index is 13.3. The van der Waals surface area contributed by atoms with Crippen LogP contribution in [0.4, 0.5) is 4.39 Å². The smallest absolute Gasteiger partial charge is 0.323 e. The zero-order valence-corrected chi connectivity index (χ0v) is 20.5. The number of carbonyl (C=O) groups is 2. The minimum absolute atomic E-state index is 0.105. The Morgan fingerprint density at radius 1 is 1.06 bits per heavy atom. The van der Waals surface area contributed by atoms with E-state index >= 15 is 0 Å². The van der Waals surface area contributed by atoms with Crippen LogP contribution in [0.15, 0.2) is 66.7 Å². The van der Waals surface area contributed by atoms with Gasteiger partial charge in [-0.25, -0.2) is 4.39 Å². The van der Waals surface area contributed by atoms with E-state index in [0.29, 0.717) is 25.8 Å². The van der Waals surface area contributed by atoms with Crippen molar-refractivity contribution in [1.82, 2.24) is 4.90 Å². The van der Waals surface area contributed by atoms with E-state index < -0.39 is 11.6 Å². The fraction of sp³-hybridized carbons (Fsp3) is 0.310. The van der Waals surface area contributed by atoms with Crippen LogP contribution in [0.25, 0.3) is 0 Å². The van der Waals surface area contributed by atoms with Gasteiger partial charge in [0.25, 0.3) is 0 Å². The van der Waals surface area contributed by atoms with E-state index in [2.05, 4.69) is 0 Å². The molecule has 0 radical (unpaired) electrons. The molecule has 1 atom stereocenters.